The Kier molecular flexibility index (Phi) is 11.9. The summed E-state index contributed by atoms with van der Waals surface area (Å²) in [6, 6.07) is 12.0. The van der Waals surface area contributed by atoms with Crippen LogP contribution in [0.1, 0.15) is 30.4 Å². The van der Waals surface area contributed by atoms with Crippen LogP contribution in [0.4, 0.5) is 0 Å². The van der Waals surface area contributed by atoms with E-state index in [1.165, 1.54) is 5.56 Å². The van der Waals surface area contributed by atoms with Gasteiger partial charge in [0.25, 0.3) is 0 Å². The fourth-order valence-electron chi connectivity index (χ4n) is 3.21. The molecule has 2 aromatic rings. The molecule has 1 atom stereocenters. The number of benzene rings is 2. The fraction of sp³-hybridized carbons (Fsp3) is 0.435. The summed E-state index contributed by atoms with van der Waals surface area (Å²) in [6.07, 6.45) is 0.979. The molecular formula is C23H34IN3O4. The highest BCUT2D eigenvalue weighted by Gasteiger charge is 2.16. The summed E-state index contributed by atoms with van der Waals surface area (Å²) in [4.78, 5) is 4.31. The lowest BCUT2D eigenvalue weighted by Crippen LogP contribution is -2.37. The maximum atomic E-state index is 5.54. The van der Waals surface area contributed by atoms with Crippen LogP contribution in [0.2, 0.25) is 0 Å². The summed E-state index contributed by atoms with van der Waals surface area (Å²) in [5.74, 6) is 3.89. The van der Waals surface area contributed by atoms with E-state index in [2.05, 4.69) is 34.7 Å². The van der Waals surface area contributed by atoms with Gasteiger partial charge >= 0.3 is 0 Å². The second kappa shape index (κ2) is 13.8. The SMILES string of the molecule is CN=C(NCCC(C)c1ccc(OC)cc1)NCc1ccc(OC)c(OC)c1OC.I. The van der Waals surface area contributed by atoms with Crippen molar-refractivity contribution >= 4 is 29.9 Å². The Morgan fingerprint density at radius 3 is 2.10 bits per heavy atom. The molecule has 0 aliphatic heterocycles. The molecule has 2 aromatic carbocycles. The Labute approximate surface area is 202 Å². The zero-order valence-electron chi connectivity index (χ0n) is 19.2. The Morgan fingerprint density at radius 2 is 1.55 bits per heavy atom. The van der Waals surface area contributed by atoms with E-state index in [0.717, 1.165) is 30.2 Å². The zero-order valence-corrected chi connectivity index (χ0v) is 21.5. The molecule has 0 aliphatic carbocycles. The van der Waals surface area contributed by atoms with E-state index >= 15 is 0 Å². The van der Waals surface area contributed by atoms with Crippen LogP contribution >= 0.6 is 24.0 Å². The van der Waals surface area contributed by atoms with Crippen molar-refractivity contribution in [2.75, 3.05) is 42.0 Å². The first kappa shape index (κ1) is 26.7. The highest BCUT2D eigenvalue weighted by molar-refractivity contribution is 14.0. The van der Waals surface area contributed by atoms with E-state index in [0.29, 0.717) is 29.7 Å². The van der Waals surface area contributed by atoms with Gasteiger partial charge < -0.3 is 29.6 Å². The van der Waals surface area contributed by atoms with Gasteiger partial charge in [0.2, 0.25) is 5.75 Å². The fourth-order valence-corrected chi connectivity index (χ4v) is 3.21. The number of hydrogen-bond acceptors (Lipinski definition) is 5. The van der Waals surface area contributed by atoms with Gasteiger partial charge in [-0.2, -0.15) is 0 Å². The highest BCUT2D eigenvalue weighted by Crippen LogP contribution is 2.39. The number of hydrogen-bond donors (Lipinski definition) is 2. The quantitative estimate of drug-likeness (QED) is 0.266. The third-order valence-electron chi connectivity index (χ3n) is 5.01. The molecule has 7 nitrogen and oxygen atoms in total. The summed E-state index contributed by atoms with van der Waals surface area (Å²) >= 11 is 0. The summed E-state index contributed by atoms with van der Waals surface area (Å²) in [5.41, 5.74) is 2.24. The van der Waals surface area contributed by atoms with Crippen LogP contribution in [-0.2, 0) is 6.54 Å². The van der Waals surface area contributed by atoms with Crippen molar-refractivity contribution in [1.29, 1.82) is 0 Å². The first-order valence-corrected chi connectivity index (χ1v) is 9.94. The number of rotatable bonds is 10. The zero-order chi connectivity index (χ0) is 21.9. The number of ether oxygens (including phenoxy) is 4. The molecule has 0 bridgehead atoms. The molecule has 0 aliphatic rings. The molecule has 0 radical (unpaired) electrons. The normalized spacial score (nSPS) is 11.7. The lowest BCUT2D eigenvalue weighted by atomic mass is 9.98. The molecular weight excluding hydrogens is 509 g/mol. The molecule has 0 fully saturated rings. The number of halogens is 1. The van der Waals surface area contributed by atoms with E-state index in [-0.39, 0.29) is 24.0 Å². The molecule has 172 valence electrons. The second-order valence-corrected chi connectivity index (χ2v) is 6.81. The number of methoxy groups -OCH3 is 4. The smallest absolute Gasteiger partial charge is 0.203 e. The van der Waals surface area contributed by atoms with Gasteiger partial charge in [0, 0.05) is 25.7 Å². The Morgan fingerprint density at radius 1 is 0.871 bits per heavy atom. The van der Waals surface area contributed by atoms with E-state index in [1.807, 2.05) is 24.3 Å². The second-order valence-electron chi connectivity index (χ2n) is 6.81. The minimum atomic E-state index is 0. The van der Waals surface area contributed by atoms with Crippen molar-refractivity contribution in [3.8, 4) is 23.0 Å². The van der Waals surface area contributed by atoms with Gasteiger partial charge in [-0.25, -0.2) is 0 Å². The van der Waals surface area contributed by atoms with Crippen molar-refractivity contribution < 1.29 is 18.9 Å². The van der Waals surface area contributed by atoms with Crippen LogP contribution in [0.5, 0.6) is 23.0 Å². The number of guanidine groups is 1. The van der Waals surface area contributed by atoms with Crippen LogP contribution in [-0.4, -0.2) is 48.0 Å². The number of nitrogens with zero attached hydrogens (tertiary/aromatic N) is 1. The predicted molar refractivity (Wildman–Crippen MR) is 136 cm³/mol. The molecule has 0 saturated heterocycles. The van der Waals surface area contributed by atoms with Crippen LogP contribution in [0.25, 0.3) is 0 Å². The van der Waals surface area contributed by atoms with E-state index in [9.17, 15) is 0 Å². The van der Waals surface area contributed by atoms with Crippen LogP contribution < -0.4 is 29.6 Å². The van der Waals surface area contributed by atoms with Gasteiger partial charge in [0.15, 0.2) is 17.5 Å². The first-order valence-electron chi connectivity index (χ1n) is 9.94. The lowest BCUT2D eigenvalue weighted by Gasteiger charge is -2.18. The molecule has 2 rings (SSSR count). The monoisotopic (exact) mass is 543 g/mol. The molecule has 2 N–H and O–H groups in total. The minimum Gasteiger partial charge on any atom is -0.497 e. The Hall–Kier alpha value is -2.36. The molecule has 0 aromatic heterocycles. The van der Waals surface area contributed by atoms with Crippen LogP contribution in [0.15, 0.2) is 41.4 Å². The van der Waals surface area contributed by atoms with Gasteiger partial charge in [-0.15, -0.1) is 24.0 Å². The van der Waals surface area contributed by atoms with Gasteiger partial charge in [0.1, 0.15) is 5.75 Å². The first-order chi connectivity index (χ1) is 14.6. The van der Waals surface area contributed by atoms with Crippen LogP contribution in [0.3, 0.4) is 0 Å². The third-order valence-corrected chi connectivity index (χ3v) is 5.01. The van der Waals surface area contributed by atoms with Crippen molar-refractivity contribution in [3.63, 3.8) is 0 Å². The average Bonchev–Trinajstić information content (AvgIpc) is 2.80. The molecule has 0 heterocycles. The van der Waals surface area contributed by atoms with Crippen molar-refractivity contribution in [3.05, 3.63) is 47.5 Å². The minimum absolute atomic E-state index is 0. The van der Waals surface area contributed by atoms with Crippen molar-refractivity contribution in [1.82, 2.24) is 10.6 Å². The van der Waals surface area contributed by atoms with Gasteiger partial charge in [0.05, 0.1) is 28.4 Å². The molecule has 0 amide bonds. The van der Waals surface area contributed by atoms with Crippen molar-refractivity contribution in [2.45, 2.75) is 25.8 Å². The maximum Gasteiger partial charge on any atom is 0.203 e. The number of nitrogens with one attached hydrogen (secondary N) is 2. The highest BCUT2D eigenvalue weighted by atomic mass is 127. The summed E-state index contributed by atoms with van der Waals surface area (Å²) in [7, 11) is 8.26. The standard InChI is InChI=1S/C23H33N3O4.HI/c1-16(17-7-10-19(27-3)11-8-17)13-14-25-23(24-2)26-15-18-9-12-20(28-4)22(30-6)21(18)29-5;/h7-12,16H,13-15H2,1-6H3,(H2,24,25,26);1H. The molecule has 31 heavy (non-hydrogen) atoms. The molecule has 8 heteroatoms. The lowest BCUT2D eigenvalue weighted by molar-refractivity contribution is 0.322. The van der Waals surface area contributed by atoms with Gasteiger partial charge in [-0.05, 0) is 42.2 Å². The van der Waals surface area contributed by atoms with E-state index < -0.39 is 0 Å². The molecule has 1 unspecified atom stereocenters. The Bertz CT molecular complexity index is 828. The molecule has 0 saturated carbocycles. The Balaban J connectivity index is 0.00000480. The summed E-state index contributed by atoms with van der Waals surface area (Å²) in [6.45, 7) is 3.56. The third kappa shape index (κ3) is 7.37. The average molecular weight is 543 g/mol. The predicted octanol–water partition coefficient (Wildman–Crippen LogP) is 4.20. The van der Waals surface area contributed by atoms with E-state index in [4.69, 9.17) is 18.9 Å². The topological polar surface area (TPSA) is 73.3 Å². The maximum absolute atomic E-state index is 5.54. The van der Waals surface area contributed by atoms with Crippen LogP contribution in [0, 0.1) is 0 Å². The van der Waals surface area contributed by atoms with Gasteiger partial charge in [-0.3, -0.25) is 4.99 Å². The van der Waals surface area contributed by atoms with Gasteiger partial charge in [-0.1, -0.05) is 19.1 Å². The van der Waals surface area contributed by atoms with Crippen molar-refractivity contribution in [2.24, 2.45) is 4.99 Å². The summed E-state index contributed by atoms with van der Waals surface area (Å²) in [5, 5.41) is 6.69. The summed E-state index contributed by atoms with van der Waals surface area (Å²) < 4.78 is 21.5. The largest absolute Gasteiger partial charge is 0.497 e. The van der Waals surface area contributed by atoms with E-state index in [1.54, 1.807) is 35.5 Å². The number of aliphatic imine (C=N–C) groups is 1. The molecule has 0 spiro atoms.